The van der Waals surface area contributed by atoms with Gasteiger partial charge < -0.3 is 15.6 Å². The standard InChI is InChI=1S/C26H21N9/c27-17-13-35(14-17)25-12-30-10-23(32-25)16-1-2-21-19(7-16)26(34-33-21)22-8-18-20(9-29-11-24(18)31-22)15-3-5-28-6-4-15/h1-12,17,31H,13-14,27H2,(H,33,34). The quantitative estimate of drug-likeness (QED) is 0.366. The predicted octanol–water partition coefficient (Wildman–Crippen LogP) is 3.77. The van der Waals surface area contributed by atoms with Gasteiger partial charge >= 0.3 is 0 Å². The molecular weight excluding hydrogens is 438 g/mol. The van der Waals surface area contributed by atoms with Gasteiger partial charge in [0, 0.05) is 59.6 Å². The van der Waals surface area contributed by atoms with Crippen molar-refractivity contribution in [3.63, 3.8) is 0 Å². The van der Waals surface area contributed by atoms with Gasteiger partial charge in [-0.15, -0.1) is 0 Å². The number of nitrogens with two attached hydrogens (primary N) is 1. The van der Waals surface area contributed by atoms with Crippen LogP contribution in [0.25, 0.3) is 55.6 Å². The largest absolute Gasteiger partial charge is 0.352 e. The third-order valence-corrected chi connectivity index (χ3v) is 6.51. The molecule has 1 fully saturated rings. The van der Waals surface area contributed by atoms with E-state index in [-0.39, 0.29) is 6.04 Å². The van der Waals surface area contributed by atoms with Crippen LogP contribution >= 0.6 is 0 Å². The maximum atomic E-state index is 5.94. The molecule has 1 aromatic carbocycles. The van der Waals surface area contributed by atoms with Gasteiger partial charge in [0.25, 0.3) is 0 Å². The lowest BCUT2D eigenvalue weighted by atomic mass is 10.0. The number of nitrogens with one attached hydrogen (secondary N) is 2. The Labute approximate surface area is 200 Å². The van der Waals surface area contributed by atoms with Crippen LogP contribution in [0.4, 0.5) is 5.82 Å². The van der Waals surface area contributed by atoms with E-state index in [1.54, 1.807) is 24.8 Å². The third kappa shape index (κ3) is 3.32. The minimum atomic E-state index is 0.205. The van der Waals surface area contributed by atoms with Gasteiger partial charge in [0.2, 0.25) is 0 Å². The molecule has 6 aromatic rings. The summed E-state index contributed by atoms with van der Waals surface area (Å²) in [6.45, 7) is 1.61. The molecule has 1 saturated heterocycles. The van der Waals surface area contributed by atoms with Gasteiger partial charge in [-0.25, -0.2) is 4.98 Å². The van der Waals surface area contributed by atoms with Crippen molar-refractivity contribution < 1.29 is 0 Å². The average molecular weight is 460 g/mol. The van der Waals surface area contributed by atoms with Gasteiger partial charge in [0.1, 0.15) is 11.5 Å². The van der Waals surface area contributed by atoms with Gasteiger partial charge in [0.15, 0.2) is 0 Å². The number of fused-ring (bicyclic) bond motifs is 2. The topological polar surface area (TPSA) is 125 Å². The number of hydrogen-bond donors (Lipinski definition) is 3. The highest BCUT2D eigenvalue weighted by molar-refractivity contribution is 6.01. The lowest BCUT2D eigenvalue weighted by molar-refractivity contribution is 0.514. The molecule has 170 valence electrons. The Morgan fingerprint density at radius 3 is 2.54 bits per heavy atom. The van der Waals surface area contributed by atoms with Gasteiger partial charge in [-0.3, -0.25) is 20.1 Å². The minimum absolute atomic E-state index is 0.205. The van der Waals surface area contributed by atoms with Crippen molar-refractivity contribution >= 4 is 27.6 Å². The van der Waals surface area contributed by atoms with Crippen LogP contribution in [0.1, 0.15) is 0 Å². The molecular formula is C26H21N9. The van der Waals surface area contributed by atoms with E-state index >= 15 is 0 Å². The molecule has 0 atom stereocenters. The monoisotopic (exact) mass is 459 g/mol. The van der Waals surface area contributed by atoms with E-state index in [1.807, 2.05) is 36.7 Å². The summed E-state index contributed by atoms with van der Waals surface area (Å²) in [5.41, 5.74) is 13.5. The average Bonchev–Trinajstić information content (AvgIpc) is 3.51. The van der Waals surface area contributed by atoms with E-state index in [0.29, 0.717) is 0 Å². The van der Waals surface area contributed by atoms with Crippen LogP contribution in [0.2, 0.25) is 0 Å². The van der Waals surface area contributed by atoms with Gasteiger partial charge in [-0.2, -0.15) is 5.10 Å². The highest BCUT2D eigenvalue weighted by Crippen LogP contribution is 2.34. The fraction of sp³-hybridized carbons (Fsp3) is 0.115. The lowest BCUT2D eigenvalue weighted by Crippen LogP contribution is -2.56. The summed E-state index contributed by atoms with van der Waals surface area (Å²) in [6, 6.07) is 12.5. The zero-order chi connectivity index (χ0) is 23.4. The summed E-state index contributed by atoms with van der Waals surface area (Å²) in [4.78, 5) is 23.4. The molecule has 0 aliphatic carbocycles. The zero-order valence-electron chi connectivity index (χ0n) is 18.7. The second-order valence-corrected chi connectivity index (χ2v) is 8.83. The SMILES string of the molecule is NC1CN(c2cncc(-c3ccc4[nH]nc(-c5cc6c(-c7ccncc7)cncc6[nH]5)c4c3)n2)C1. The molecule has 1 aliphatic heterocycles. The first kappa shape index (κ1) is 19.8. The summed E-state index contributed by atoms with van der Waals surface area (Å²) < 4.78 is 0. The first-order valence-electron chi connectivity index (χ1n) is 11.4. The summed E-state index contributed by atoms with van der Waals surface area (Å²) >= 11 is 0. The molecule has 0 spiro atoms. The van der Waals surface area contributed by atoms with Crippen molar-refractivity contribution in [1.29, 1.82) is 0 Å². The Bertz CT molecular complexity index is 1680. The fourth-order valence-electron chi connectivity index (χ4n) is 4.67. The summed E-state index contributed by atoms with van der Waals surface area (Å²) in [7, 11) is 0. The van der Waals surface area contributed by atoms with Crippen molar-refractivity contribution in [1.82, 2.24) is 35.1 Å². The van der Waals surface area contributed by atoms with Crippen LogP contribution in [-0.2, 0) is 0 Å². The number of aromatic amines is 2. The number of pyridine rings is 2. The molecule has 0 bridgehead atoms. The molecule has 6 heterocycles. The van der Waals surface area contributed by atoms with E-state index in [2.05, 4.69) is 47.2 Å². The van der Waals surface area contributed by atoms with E-state index in [4.69, 9.17) is 10.7 Å². The third-order valence-electron chi connectivity index (χ3n) is 6.51. The molecule has 9 heteroatoms. The van der Waals surface area contributed by atoms with E-state index in [0.717, 1.165) is 74.5 Å². The van der Waals surface area contributed by atoms with E-state index in [1.165, 1.54) is 0 Å². The Kier molecular flexibility index (Phi) is 4.36. The second-order valence-electron chi connectivity index (χ2n) is 8.83. The molecule has 0 unspecified atom stereocenters. The summed E-state index contributed by atoms with van der Waals surface area (Å²) in [5, 5.41) is 9.87. The highest BCUT2D eigenvalue weighted by atomic mass is 15.3. The van der Waals surface area contributed by atoms with Crippen LogP contribution in [0.5, 0.6) is 0 Å². The smallest absolute Gasteiger partial charge is 0.147 e. The number of H-pyrrole nitrogens is 2. The van der Waals surface area contributed by atoms with Crippen LogP contribution in [-0.4, -0.2) is 54.2 Å². The summed E-state index contributed by atoms with van der Waals surface area (Å²) in [5.74, 6) is 0.850. The van der Waals surface area contributed by atoms with Crippen LogP contribution in [0.15, 0.2) is 73.6 Å². The van der Waals surface area contributed by atoms with E-state index in [9.17, 15) is 0 Å². The molecule has 9 nitrogen and oxygen atoms in total. The molecule has 4 N–H and O–H groups in total. The molecule has 7 rings (SSSR count). The number of aromatic nitrogens is 7. The van der Waals surface area contributed by atoms with Crippen molar-refractivity contribution in [2.75, 3.05) is 18.0 Å². The Hall–Kier alpha value is -4.63. The Morgan fingerprint density at radius 1 is 0.829 bits per heavy atom. The van der Waals surface area contributed by atoms with Crippen molar-refractivity contribution in [3.8, 4) is 33.8 Å². The first-order chi connectivity index (χ1) is 17.2. The minimum Gasteiger partial charge on any atom is -0.352 e. The van der Waals surface area contributed by atoms with Crippen molar-refractivity contribution in [3.05, 3.63) is 73.6 Å². The first-order valence-corrected chi connectivity index (χ1v) is 11.4. The Morgan fingerprint density at radius 2 is 1.69 bits per heavy atom. The zero-order valence-corrected chi connectivity index (χ0v) is 18.7. The number of anilines is 1. The maximum Gasteiger partial charge on any atom is 0.147 e. The number of benzene rings is 1. The molecule has 5 aromatic heterocycles. The molecule has 0 amide bonds. The van der Waals surface area contributed by atoms with Gasteiger partial charge in [-0.1, -0.05) is 6.07 Å². The van der Waals surface area contributed by atoms with Crippen LogP contribution in [0.3, 0.4) is 0 Å². The molecule has 35 heavy (non-hydrogen) atoms. The second kappa shape index (κ2) is 7.71. The Balaban J connectivity index is 1.31. The molecule has 1 aliphatic rings. The maximum absolute atomic E-state index is 5.94. The van der Waals surface area contributed by atoms with E-state index < -0.39 is 0 Å². The molecule has 0 saturated carbocycles. The normalized spacial score (nSPS) is 14.0. The predicted molar refractivity (Wildman–Crippen MR) is 136 cm³/mol. The van der Waals surface area contributed by atoms with Gasteiger partial charge in [-0.05, 0) is 35.9 Å². The van der Waals surface area contributed by atoms with Crippen LogP contribution < -0.4 is 10.6 Å². The number of hydrogen-bond acceptors (Lipinski definition) is 7. The lowest BCUT2D eigenvalue weighted by Gasteiger charge is -2.37. The van der Waals surface area contributed by atoms with Crippen molar-refractivity contribution in [2.45, 2.75) is 6.04 Å². The summed E-state index contributed by atoms with van der Waals surface area (Å²) in [6.07, 6.45) is 10.9. The van der Waals surface area contributed by atoms with Gasteiger partial charge in [0.05, 0.1) is 41.0 Å². The van der Waals surface area contributed by atoms with Crippen LogP contribution in [0, 0.1) is 0 Å². The number of rotatable bonds is 4. The highest BCUT2D eigenvalue weighted by Gasteiger charge is 2.24. The molecule has 0 radical (unpaired) electrons. The fourth-order valence-corrected chi connectivity index (χ4v) is 4.67. The number of nitrogens with zero attached hydrogens (tertiary/aromatic N) is 6. The van der Waals surface area contributed by atoms with Crippen molar-refractivity contribution in [2.24, 2.45) is 5.73 Å².